The highest BCUT2D eigenvalue weighted by Crippen LogP contribution is 2.31. The fourth-order valence-corrected chi connectivity index (χ4v) is 5.21. The first-order chi connectivity index (χ1) is 12.2. The van der Waals surface area contributed by atoms with Crippen LogP contribution in [0, 0.1) is 5.92 Å². The van der Waals surface area contributed by atoms with Gasteiger partial charge in [0.15, 0.2) is 0 Å². The van der Waals surface area contributed by atoms with Crippen molar-refractivity contribution in [3.63, 3.8) is 0 Å². The van der Waals surface area contributed by atoms with E-state index >= 15 is 0 Å². The van der Waals surface area contributed by atoms with E-state index in [2.05, 4.69) is 11.9 Å². The molecule has 0 aromatic carbocycles. The Hall–Kier alpha value is -1.73. The van der Waals surface area contributed by atoms with Crippen molar-refractivity contribution in [1.29, 1.82) is 0 Å². The van der Waals surface area contributed by atoms with Crippen LogP contribution in [0.2, 0.25) is 0 Å². The summed E-state index contributed by atoms with van der Waals surface area (Å²) in [6.07, 6.45) is 2.80. The SMILES string of the molecule is CCc1ccc(C(=O)N2C[C@@H]3CC[C@H](C2)N(Cc2cscn2)C3=O)s1. The summed E-state index contributed by atoms with van der Waals surface area (Å²) in [5.41, 5.74) is 2.74. The van der Waals surface area contributed by atoms with Crippen LogP contribution in [0.15, 0.2) is 23.0 Å². The maximum absolute atomic E-state index is 12.9. The monoisotopic (exact) mass is 375 g/mol. The van der Waals surface area contributed by atoms with Crippen molar-refractivity contribution in [3.05, 3.63) is 38.5 Å². The van der Waals surface area contributed by atoms with Gasteiger partial charge in [-0.2, -0.15) is 0 Å². The number of aromatic nitrogens is 1. The first-order valence-electron chi connectivity index (χ1n) is 8.71. The van der Waals surface area contributed by atoms with Crippen LogP contribution in [-0.4, -0.2) is 45.7 Å². The van der Waals surface area contributed by atoms with E-state index in [9.17, 15) is 9.59 Å². The highest BCUT2D eigenvalue weighted by molar-refractivity contribution is 7.14. The zero-order valence-corrected chi connectivity index (χ0v) is 15.8. The van der Waals surface area contributed by atoms with E-state index in [-0.39, 0.29) is 23.8 Å². The van der Waals surface area contributed by atoms with Crippen molar-refractivity contribution in [2.75, 3.05) is 13.1 Å². The lowest BCUT2D eigenvalue weighted by Crippen LogP contribution is -2.47. The average molecular weight is 376 g/mol. The second-order valence-electron chi connectivity index (χ2n) is 6.70. The van der Waals surface area contributed by atoms with E-state index < -0.39 is 0 Å². The minimum absolute atomic E-state index is 0.0740. The van der Waals surface area contributed by atoms with Gasteiger partial charge in [-0.3, -0.25) is 9.59 Å². The second kappa shape index (κ2) is 6.88. The molecule has 5 rings (SSSR count). The fourth-order valence-electron chi connectivity index (χ4n) is 3.74. The van der Waals surface area contributed by atoms with Crippen LogP contribution in [0.5, 0.6) is 0 Å². The number of fused-ring (bicyclic) bond motifs is 4. The maximum Gasteiger partial charge on any atom is 0.264 e. The van der Waals surface area contributed by atoms with E-state index in [1.807, 2.05) is 27.3 Å². The van der Waals surface area contributed by atoms with Crippen LogP contribution in [0.1, 0.15) is 40.0 Å². The van der Waals surface area contributed by atoms with Crippen LogP contribution in [0.4, 0.5) is 0 Å². The molecule has 2 aromatic heterocycles. The van der Waals surface area contributed by atoms with Gasteiger partial charge in [0.25, 0.3) is 5.91 Å². The molecule has 25 heavy (non-hydrogen) atoms. The molecule has 0 spiro atoms. The molecule has 0 aliphatic carbocycles. The molecule has 3 saturated heterocycles. The number of amides is 2. The van der Waals surface area contributed by atoms with Gasteiger partial charge in [-0.1, -0.05) is 6.92 Å². The van der Waals surface area contributed by atoms with E-state index in [4.69, 9.17) is 0 Å². The molecule has 2 aromatic rings. The van der Waals surface area contributed by atoms with Gasteiger partial charge in [0.2, 0.25) is 5.91 Å². The molecule has 132 valence electrons. The molecule has 0 saturated carbocycles. The molecule has 7 heteroatoms. The largest absolute Gasteiger partial charge is 0.335 e. The average Bonchev–Trinajstić information content (AvgIpc) is 3.23. The van der Waals surface area contributed by atoms with Gasteiger partial charge in [0.1, 0.15) is 0 Å². The van der Waals surface area contributed by atoms with Gasteiger partial charge in [-0.15, -0.1) is 22.7 Å². The molecule has 0 unspecified atom stereocenters. The molecule has 3 aliphatic heterocycles. The van der Waals surface area contributed by atoms with Crippen molar-refractivity contribution in [3.8, 4) is 0 Å². The third-order valence-corrected chi connectivity index (χ3v) is 6.97. The van der Waals surface area contributed by atoms with Crippen molar-refractivity contribution >= 4 is 34.5 Å². The number of thiazole rings is 1. The van der Waals surface area contributed by atoms with Gasteiger partial charge in [0, 0.05) is 29.4 Å². The van der Waals surface area contributed by atoms with Crippen LogP contribution < -0.4 is 0 Å². The molecule has 5 nitrogen and oxygen atoms in total. The first kappa shape index (κ1) is 16.7. The van der Waals surface area contributed by atoms with Gasteiger partial charge in [0.05, 0.1) is 28.5 Å². The van der Waals surface area contributed by atoms with Gasteiger partial charge < -0.3 is 9.80 Å². The summed E-state index contributed by atoms with van der Waals surface area (Å²) in [6, 6.07) is 4.06. The Kier molecular flexibility index (Phi) is 4.60. The lowest BCUT2D eigenvalue weighted by atomic mass is 9.94. The predicted molar refractivity (Wildman–Crippen MR) is 98.8 cm³/mol. The van der Waals surface area contributed by atoms with Gasteiger partial charge in [-0.25, -0.2) is 4.98 Å². The number of hydrogen-bond donors (Lipinski definition) is 0. The van der Waals surface area contributed by atoms with Crippen molar-refractivity contribution < 1.29 is 9.59 Å². The molecule has 2 bridgehead atoms. The molecule has 2 amide bonds. The van der Waals surface area contributed by atoms with E-state index in [0.717, 1.165) is 29.8 Å². The number of rotatable bonds is 4. The van der Waals surface area contributed by atoms with E-state index in [0.29, 0.717) is 19.6 Å². The summed E-state index contributed by atoms with van der Waals surface area (Å²) in [7, 11) is 0. The van der Waals surface area contributed by atoms with Crippen LogP contribution >= 0.6 is 22.7 Å². The standard InChI is InChI=1S/C18H21N3O2S2/c1-2-15-5-6-16(25-15)18(23)20-7-12-3-4-14(9-20)21(17(12)22)8-13-10-24-11-19-13/h5-6,10-12,14H,2-4,7-9H2,1H3/t12-,14+/m0/s1. The highest BCUT2D eigenvalue weighted by Gasteiger charge is 2.42. The zero-order chi connectivity index (χ0) is 17.4. The molecule has 3 aliphatic rings. The maximum atomic E-state index is 12.9. The molecule has 0 N–H and O–H groups in total. The summed E-state index contributed by atoms with van der Waals surface area (Å²) >= 11 is 3.12. The number of hydrogen-bond acceptors (Lipinski definition) is 5. The minimum atomic E-state index is -0.0769. The van der Waals surface area contributed by atoms with Gasteiger partial charge in [-0.05, 0) is 31.4 Å². The number of aryl methyl sites for hydroxylation is 1. The highest BCUT2D eigenvalue weighted by atomic mass is 32.1. The molecular formula is C18H21N3O2S2. The summed E-state index contributed by atoms with van der Waals surface area (Å²) in [5, 5.41) is 1.99. The van der Waals surface area contributed by atoms with E-state index in [1.165, 1.54) is 4.88 Å². The van der Waals surface area contributed by atoms with Crippen molar-refractivity contribution in [2.24, 2.45) is 5.92 Å². The molecule has 0 radical (unpaired) electrons. The molecular weight excluding hydrogens is 354 g/mol. The Bertz CT molecular complexity index is 771. The summed E-state index contributed by atoms with van der Waals surface area (Å²) < 4.78 is 0. The smallest absolute Gasteiger partial charge is 0.264 e. The summed E-state index contributed by atoms with van der Waals surface area (Å²) in [6.45, 7) is 3.83. The minimum Gasteiger partial charge on any atom is -0.335 e. The topological polar surface area (TPSA) is 53.5 Å². The van der Waals surface area contributed by atoms with E-state index in [1.54, 1.807) is 28.2 Å². The summed E-state index contributed by atoms with van der Waals surface area (Å²) in [4.78, 5) is 36.0. The molecule has 3 fully saturated rings. The quantitative estimate of drug-likeness (QED) is 0.825. The van der Waals surface area contributed by atoms with Crippen LogP contribution in [-0.2, 0) is 17.8 Å². The Morgan fingerprint density at radius 1 is 1.32 bits per heavy atom. The number of piperidine rings is 1. The first-order valence-corrected chi connectivity index (χ1v) is 10.5. The number of thiophene rings is 1. The zero-order valence-electron chi connectivity index (χ0n) is 14.2. The summed E-state index contributed by atoms with van der Waals surface area (Å²) in [5.74, 6) is 0.178. The third kappa shape index (κ3) is 3.22. The van der Waals surface area contributed by atoms with Crippen molar-refractivity contribution in [1.82, 2.24) is 14.8 Å². The fraction of sp³-hybridized carbons (Fsp3) is 0.500. The Labute approximate surface area is 155 Å². The molecule has 5 heterocycles. The predicted octanol–water partition coefficient (Wildman–Crippen LogP) is 3.03. The molecule has 2 atom stereocenters. The van der Waals surface area contributed by atoms with Crippen molar-refractivity contribution in [2.45, 2.75) is 38.8 Å². The lowest BCUT2D eigenvalue weighted by Gasteiger charge is -2.35. The number of nitrogens with zero attached hydrogens (tertiary/aromatic N) is 3. The third-order valence-electron chi connectivity index (χ3n) is 5.12. The lowest BCUT2D eigenvalue weighted by molar-refractivity contribution is -0.140. The normalized spacial score (nSPS) is 23.2. The second-order valence-corrected chi connectivity index (χ2v) is 8.59. The number of carbonyl (C=O) groups is 2. The Morgan fingerprint density at radius 2 is 2.20 bits per heavy atom. The number of carbonyl (C=O) groups excluding carboxylic acids is 2. The van der Waals surface area contributed by atoms with Gasteiger partial charge >= 0.3 is 0 Å². The Morgan fingerprint density at radius 3 is 2.92 bits per heavy atom. The van der Waals surface area contributed by atoms with Crippen LogP contribution in [0.25, 0.3) is 0 Å². The van der Waals surface area contributed by atoms with Crippen LogP contribution in [0.3, 0.4) is 0 Å². The Balaban J connectivity index is 1.54.